The normalized spacial score (nSPS) is 11.8. The molecule has 286 valence electrons. The van der Waals surface area contributed by atoms with Crippen LogP contribution >= 0.6 is 0 Å². The minimum Gasteiger partial charge on any atom is -0.455 e. The minimum absolute atomic E-state index is 0.426. The molecule has 0 aliphatic carbocycles. The van der Waals surface area contributed by atoms with Crippen molar-refractivity contribution in [1.82, 2.24) is 9.13 Å². The SMILES string of the molecule is N#Cc1cc(-n2c3ccc(-c4ccccc4)cc3c3c4oc5ccccc5c4ccc32)c(C#N)cc1-n1c2ccc(-c3ccccc3)cc2c2c3oc4ccccc4c3ccc21. The van der Waals surface area contributed by atoms with Crippen LogP contribution in [0.3, 0.4) is 0 Å². The van der Waals surface area contributed by atoms with Crippen molar-refractivity contribution < 1.29 is 8.83 Å². The second kappa shape index (κ2) is 12.8. The Morgan fingerprint density at radius 2 is 0.742 bits per heavy atom. The van der Waals surface area contributed by atoms with Crippen LogP contribution in [0.25, 0.3) is 121 Å². The predicted octanol–water partition coefficient (Wildman–Crippen LogP) is 14.8. The molecular weight excluding hydrogens is 761 g/mol. The molecule has 0 saturated carbocycles. The fourth-order valence-corrected chi connectivity index (χ4v) is 9.84. The Balaban J connectivity index is 1.11. The van der Waals surface area contributed by atoms with E-state index in [9.17, 15) is 10.5 Å². The third kappa shape index (κ3) is 4.72. The number of aromatic nitrogens is 2. The van der Waals surface area contributed by atoms with Gasteiger partial charge in [0.25, 0.3) is 0 Å². The average molecular weight is 791 g/mol. The highest BCUT2D eigenvalue weighted by Crippen LogP contribution is 2.45. The molecule has 4 aromatic heterocycles. The van der Waals surface area contributed by atoms with E-state index >= 15 is 0 Å². The lowest BCUT2D eigenvalue weighted by Crippen LogP contribution is -2.04. The number of benzene rings is 9. The molecular formula is C56H30N4O2. The van der Waals surface area contributed by atoms with Crippen LogP contribution in [0.4, 0.5) is 0 Å². The van der Waals surface area contributed by atoms with E-state index in [1.165, 1.54) is 0 Å². The van der Waals surface area contributed by atoms with Crippen molar-refractivity contribution in [2.24, 2.45) is 0 Å². The van der Waals surface area contributed by atoms with Gasteiger partial charge in [0.2, 0.25) is 0 Å². The van der Waals surface area contributed by atoms with E-state index in [2.05, 4.69) is 118 Å². The van der Waals surface area contributed by atoms with Gasteiger partial charge in [0.05, 0.1) is 55.3 Å². The summed E-state index contributed by atoms with van der Waals surface area (Å²) in [4.78, 5) is 0. The number of rotatable bonds is 4. The molecule has 13 aromatic rings. The minimum atomic E-state index is 0.426. The Labute approximate surface area is 353 Å². The summed E-state index contributed by atoms with van der Waals surface area (Å²) in [6, 6.07) is 67.0. The van der Waals surface area contributed by atoms with Gasteiger partial charge >= 0.3 is 0 Å². The van der Waals surface area contributed by atoms with E-state index in [0.717, 1.165) is 110 Å². The van der Waals surface area contributed by atoms with Gasteiger partial charge in [-0.25, -0.2) is 0 Å². The molecule has 0 radical (unpaired) electrons. The zero-order valence-corrected chi connectivity index (χ0v) is 32.9. The Morgan fingerprint density at radius 1 is 0.339 bits per heavy atom. The predicted molar refractivity (Wildman–Crippen MR) is 250 cm³/mol. The molecule has 13 rings (SSSR count). The fraction of sp³-hybridized carbons (Fsp3) is 0. The molecule has 0 N–H and O–H groups in total. The van der Waals surface area contributed by atoms with Gasteiger partial charge < -0.3 is 18.0 Å². The first kappa shape index (κ1) is 34.1. The molecule has 0 aliphatic rings. The Hall–Kier alpha value is -8.84. The zero-order chi connectivity index (χ0) is 41.1. The molecule has 6 heteroatoms. The smallest absolute Gasteiger partial charge is 0.145 e. The van der Waals surface area contributed by atoms with Gasteiger partial charge in [-0.05, 0) is 95.1 Å². The lowest BCUT2D eigenvalue weighted by atomic mass is 10.0. The first-order valence-electron chi connectivity index (χ1n) is 20.5. The first-order valence-corrected chi connectivity index (χ1v) is 20.5. The summed E-state index contributed by atoms with van der Waals surface area (Å²) in [5, 5.41) is 30.3. The van der Waals surface area contributed by atoms with E-state index in [0.29, 0.717) is 22.5 Å². The fourth-order valence-electron chi connectivity index (χ4n) is 9.84. The summed E-state index contributed by atoms with van der Waals surface area (Å²) in [7, 11) is 0. The molecule has 0 atom stereocenters. The van der Waals surface area contributed by atoms with Gasteiger partial charge in [0.1, 0.15) is 34.5 Å². The van der Waals surface area contributed by atoms with Crippen LogP contribution in [0, 0.1) is 22.7 Å². The highest BCUT2D eigenvalue weighted by Gasteiger charge is 2.25. The van der Waals surface area contributed by atoms with Crippen LogP contribution in [0.15, 0.2) is 191 Å². The number of nitriles is 2. The quantitative estimate of drug-likeness (QED) is 0.178. The van der Waals surface area contributed by atoms with Crippen molar-refractivity contribution in [3.63, 3.8) is 0 Å². The Bertz CT molecular complexity index is 3840. The summed E-state index contributed by atoms with van der Waals surface area (Å²) < 4.78 is 17.6. The molecule has 0 amide bonds. The van der Waals surface area contributed by atoms with Crippen LogP contribution in [-0.2, 0) is 0 Å². The number of hydrogen-bond donors (Lipinski definition) is 0. The first-order chi connectivity index (χ1) is 30.7. The van der Waals surface area contributed by atoms with Gasteiger partial charge in [0, 0.05) is 32.3 Å². The molecule has 62 heavy (non-hydrogen) atoms. The summed E-state index contributed by atoms with van der Waals surface area (Å²) in [6.07, 6.45) is 0. The maximum absolute atomic E-state index is 11.1. The number of nitrogens with zero attached hydrogens (tertiary/aromatic N) is 4. The van der Waals surface area contributed by atoms with Crippen molar-refractivity contribution in [2.75, 3.05) is 0 Å². The van der Waals surface area contributed by atoms with Crippen LogP contribution in [0.5, 0.6) is 0 Å². The lowest BCUT2D eigenvalue weighted by Gasteiger charge is -2.16. The molecule has 0 fully saturated rings. The maximum atomic E-state index is 11.1. The standard InChI is InChI=1S/C56H30N4O2/c57-31-37-30-50(60-46-24-20-36(34-13-5-2-6-14-34)28-44(46)54-48(60)26-22-42-40-16-8-10-18-52(40)62-56(42)54)38(32-58)29-49(37)59-45-23-19-35(33-11-3-1-4-12-33)27-43(45)53-47(59)25-21-41-39-15-7-9-17-51(39)61-55(41)53/h1-30H. The van der Waals surface area contributed by atoms with Gasteiger partial charge in [-0.1, -0.05) is 109 Å². The summed E-state index contributed by atoms with van der Waals surface area (Å²) >= 11 is 0. The van der Waals surface area contributed by atoms with E-state index in [1.54, 1.807) is 0 Å². The lowest BCUT2D eigenvalue weighted by molar-refractivity contribution is 0.672. The monoisotopic (exact) mass is 790 g/mol. The number of hydrogen-bond acceptors (Lipinski definition) is 4. The highest BCUT2D eigenvalue weighted by molar-refractivity contribution is 6.26. The molecule has 6 nitrogen and oxygen atoms in total. The second-order valence-electron chi connectivity index (χ2n) is 15.8. The van der Waals surface area contributed by atoms with Gasteiger partial charge in [-0.3, -0.25) is 0 Å². The van der Waals surface area contributed by atoms with Crippen molar-refractivity contribution in [2.45, 2.75) is 0 Å². The van der Waals surface area contributed by atoms with Gasteiger partial charge in [-0.2, -0.15) is 10.5 Å². The van der Waals surface area contributed by atoms with Crippen molar-refractivity contribution in [3.8, 4) is 45.8 Å². The van der Waals surface area contributed by atoms with Crippen molar-refractivity contribution >= 4 is 87.5 Å². The number of furan rings is 2. The molecule has 9 aromatic carbocycles. The average Bonchev–Trinajstić information content (AvgIpc) is 4.08. The summed E-state index contributed by atoms with van der Waals surface area (Å²) in [6.45, 7) is 0. The van der Waals surface area contributed by atoms with Crippen molar-refractivity contribution in [3.05, 3.63) is 193 Å². The van der Waals surface area contributed by atoms with E-state index < -0.39 is 0 Å². The Morgan fingerprint density at radius 3 is 1.18 bits per heavy atom. The summed E-state index contributed by atoms with van der Waals surface area (Å²) in [5.41, 5.74) is 13.2. The van der Waals surface area contributed by atoms with Crippen LogP contribution in [0.2, 0.25) is 0 Å². The topological polar surface area (TPSA) is 83.7 Å². The molecule has 0 bridgehead atoms. The summed E-state index contributed by atoms with van der Waals surface area (Å²) in [5.74, 6) is 0. The van der Waals surface area contributed by atoms with E-state index in [4.69, 9.17) is 8.83 Å². The highest BCUT2D eigenvalue weighted by atomic mass is 16.3. The van der Waals surface area contributed by atoms with Crippen LogP contribution < -0.4 is 0 Å². The van der Waals surface area contributed by atoms with Gasteiger partial charge in [-0.15, -0.1) is 0 Å². The van der Waals surface area contributed by atoms with Gasteiger partial charge in [0.15, 0.2) is 0 Å². The van der Waals surface area contributed by atoms with Crippen LogP contribution in [0.1, 0.15) is 11.1 Å². The third-order valence-electron chi connectivity index (χ3n) is 12.6. The zero-order valence-electron chi connectivity index (χ0n) is 32.9. The molecule has 0 spiro atoms. The molecule has 0 saturated heterocycles. The molecule has 4 heterocycles. The second-order valence-corrected chi connectivity index (χ2v) is 15.8. The maximum Gasteiger partial charge on any atom is 0.145 e. The molecule has 0 unspecified atom stereocenters. The number of para-hydroxylation sites is 2. The third-order valence-corrected chi connectivity index (χ3v) is 12.6. The van der Waals surface area contributed by atoms with Crippen molar-refractivity contribution in [1.29, 1.82) is 10.5 Å². The molecule has 0 aliphatic heterocycles. The van der Waals surface area contributed by atoms with Crippen LogP contribution in [-0.4, -0.2) is 9.13 Å². The largest absolute Gasteiger partial charge is 0.455 e. The Kier molecular flexibility index (Phi) is 7.05. The van der Waals surface area contributed by atoms with E-state index in [1.807, 2.05) is 84.9 Å². The van der Waals surface area contributed by atoms with E-state index in [-0.39, 0.29) is 0 Å². The number of fused-ring (bicyclic) bond motifs is 14.